The van der Waals surface area contributed by atoms with E-state index >= 15 is 0 Å². The van der Waals surface area contributed by atoms with Gasteiger partial charge in [0.2, 0.25) is 0 Å². The van der Waals surface area contributed by atoms with Crippen molar-refractivity contribution in [1.29, 1.82) is 0 Å². The standard InChI is InChI=1S/C12H24N2S/c1-10(2)13-11(15)14-8-5-6-12(3,4)7-9-14/h10H,5-9H2,1-4H3,(H,13,15). The average molecular weight is 228 g/mol. The smallest absolute Gasteiger partial charge is 0.169 e. The number of hydrogen-bond acceptors (Lipinski definition) is 1. The van der Waals surface area contributed by atoms with Crippen LogP contribution in [0.1, 0.15) is 47.0 Å². The molecular weight excluding hydrogens is 204 g/mol. The molecule has 0 aromatic rings. The van der Waals surface area contributed by atoms with Crippen molar-refractivity contribution in [1.82, 2.24) is 10.2 Å². The van der Waals surface area contributed by atoms with Crippen molar-refractivity contribution in [2.45, 2.75) is 53.0 Å². The van der Waals surface area contributed by atoms with Crippen LogP contribution in [0.25, 0.3) is 0 Å². The first-order valence-electron chi connectivity index (χ1n) is 5.96. The van der Waals surface area contributed by atoms with Crippen LogP contribution in [0.4, 0.5) is 0 Å². The van der Waals surface area contributed by atoms with Crippen molar-refractivity contribution in [3.8, 4) is 0 Å². The average Bonchev–Trinajstić information content (AvgIpc) is 2.25. The Kier molecular flexibility index (Phi) is 4.38. The Balaban J connectivity index is 2.47. The van der Waals surface area contributed by atoms with Gasteiger partial charge in [-0.05, 0) is 50.7 Å². The second-order valence-electron chi connectivity index (χ2n) is 5.61. The van der Waals surface area contributed by atoms with Crippen LogP contribution in [0.5, 0.6) is 0 Å². The number of rotatable bonds is 1. The van der Waals surface area contributed by atoms with E-state index in [9.17, 15) is 0 Å². The zero-order chi connectivity index (χ0) is 11.5. The Hall–Kier alpha value is -0.310. The van der Waals surface area contributed by atoms with Crippen LogP contribution in [0.3, 0.4) is 0 Å². The van der Waals surface area contributed by atoms with Gasteiger partial charge in [-0.15, -0.1) is 0 Å². The summed E-state index contributed by atoms with van der Waals surface area (Å²) in [7, 11) is 0. The van der Waals surface area contributed by atoms with Crippen LogP contribution >= 0.6 is 12.2 Å². The van der Waals surface area contributed by atoms with Crippen molar-refractivity contribution in [3.05, 3.63) is 0 Å². The Morgan fingerprint density at radius 3 is 2.53 bits per heavy atom. The molecule has 3 heteroatoms. The van der Waals surface area contributed by atoms with Crippen molar-refractivity contribution in [2.24, 2.45) is 5.41 Å². The van der Waals surface area contributed by atoms with Crippen molar-refractivity contribution < 1.29 is 0 Å². The van der Waals surface area contributed by atoms with Gasteiger partial charge in [0.25, 0.3) is 0 Å². The fraction of sp³-hybridized carbons (Fsp3) is 0.917. The second-order valence-corrected chi connectivity index (χ2v) is 6.00. The van der Waals surface area contributed by atoms with Gasteiger partial charge in [0.15, 0.2) is 5.11 Å². The lowest BCUT2D eigenvalue weighted by Crippen LogP contribution is -2.43. The first kappa shape index (κ1) is 12.8. The molecule has 0 aromatic heterocycles. The quantitative estimate of drug-likeness (QED) is 0.695. The lowest BCUT2D eigenvalue weighted by atomic mass is 9.85. The minimum Gasteiger partial charge on any atom is -0.360 e. The lowest BCUT2D eigenvalue weighted by Gasteiger charge is -2.26. The summed E-state index contributed by atoms with van der Waals surface area (Å²) < 4.78 is 0. The van der Waals surface area contributed by atoms with Crippen LogP contribution in [0.2, 0.25) is 0 Å². The summed E-state index contributed by atoms with van der Waals surface area (Å²) in [4.78, 5) is 2.32. The van der Waals surface area contributed by atoms with E-state index in [-0.39, 0.29) is 0 Å². The largest absolute Gasteiger partial charge is 0.360 e. The molecule has 1 rings (SSSR count). The maximum absolute atomic E-state index is 5.40. The number of nitrogens with one attached hydrogen (secondary N) is 1. The first-order chi connectivity index (χ1) is 6.91. The highest BCUT2D eigenvalue weighted by atomic mass is 32.1. The van der Waals surface area contributed by atoms with Crippen LogP contribution in [0.15, 0.2) is 0 Å². The number of hydrogen-bond donors (Lipinski definition) is 1. The van der Waals surface area contributed by atoms with E-state index in [1.165, 1.54) is 19.3 Å². The Morgan fingerprint density at radius 2 is 1.93 bits per heavy atom. The molecule has 1 N–H and O–H groups in total. The molecule has 0 aromatic carbocycles. The molecule has 2 nitrogen and oxygen atoms in total. The third-order valence-corrected chi connectivity index (χ3v) is 3.42. The Labute approximate surface area is 99.4 Å². The highest BCUT2D eigenvalue weighted by Crippen LogP contribution is 2.29. The van der Waals surface area contributed by atoms with E-state index in [2.05, 4.69) is 37.9 Å². The van der Waals surface area contributed by atoms with Gasteiger partial charge < -0.3 is 10.2 Å². The molecule has 15 heavy (non-hydrogen) atoms. The van der Waals surface area contributed by atoms with E-state index in [0.29, 0.717) is 11.5 Å². The van der Waals surface area contributed by atoms with Crippen LogP contribution in [-0.2, 0) is 0 Å². The maximum atomic E-state index is 5.40. The Bertz CT molecular complexity index is 224. The van der Waals surface area contributed by atoms with Gasteiger partial charge in [-0.1, -0.05) is 13.8 Å². The molecule has 0 unspecified atom stereocenters. The van der Waals surface area contributed by atoms with E-state index in [1.807, 2.05) is 0 Å². The fourth-order valence-electron chi connectivity index (χ4n) is 1.96. The minimum atomic E-state index is 0.439. The summed E-state index contributed by atoms with van der Waals surface area (Å²) in [6, 6.07) is 0.439. The SMILES string of the molecule is CC(C)NC(=S)N1CCCC(C)(C)CC1. The van der Waals surface area contributed by atoms with Gasteiger partial charge in [0, 0.05) is 19.1 Å². The topological polar surface area (TPSA) is 15.3 Å². The molecule has 0 spiro atoms. The number of thiocarbonyl (C=S) groups is 1. The third kappa shape index (κ3) is 4.37. The van der Waals surface area contributed by atoms with Gasteiger partial charge in [-0.2, -0.15) is 0 Å². The lowest BCUT2D eigenvalue weighted by molar-refractivity contribution is 0.313. The van der Waals surface area contributed by atoms with Crippen LogP contribution in [-0.4, -0.2) is 29.1 Å². The molecule has 88 valence electrons. The molecule has 0 aliphatic carbocycles. The first-order valence-corrected chi connectivity index (χ1v) is 6.37. The van der Waals surface area contributed by atoms with Crippen LogP contribution < -0.4 is 5.32 Å². The summed E-state index contributed by atoms with van der Waals surface area (Å²) in [5, 5.41) is 4.26. The number of nitrogens with zero attached hydrogens (tertiary/aromatic N) is 1. The molecule has 0 saturated carbocycles. The summed E-state index contributed by atoms with van der Waals surface area (Å²) in [6.07, 6.45) is 3.81. The van der Waals surface area contributed by atoms with Gasteiger partial charge >= 0.3 is 0 Å². The molecule has 0 bridgehead atoms. The third-order valence-electron chi connectivity index (χ3n) is 3.04. The molecule has 1 aliphatic rings. The van der Waals surface area contributed by atoms with Crippen molar-refractivity contribution >= 4 is 17.3 Å². The highest BCUT2D eigenvalue weighted by Gasteiger charge is 2.23. The van der Waals surface area contributed by atoms with Gasteiger partial charge in [0.1, 0.15) is 0 Å². The van der Waals surface area contributed by atoms with Crippen molar-refractivity contribution in [2.75, 3.05) is 13.1 Å². The summed E-state index contributed by atoms with van der Waals surface area (Å²) in [5.41, 5.74) is 0.488. The van der Waals surface area contributed by atoms with Gasteiger partial charge in [-0.3, -0.25) is 0 Å². The number of likely N-dealkylation sites (tertiary alicyclic amines) is 1. The Morgan fingerprint density at radius 1 is 1.27 bits per heavy atom. The van der Waals surface area contributed by atoms with Gasteiger partial charge in [-0.25, -0.2) is 0 Å². The molecule has 0 amide bonds. The second kappa shape index (κ2) is 5.15. The fourth-order valence-corrected chi connectivity index (χ4v) is 2.38. The molecule has 1 aliphatic heterocycles. The molecule has 0 atom stereocenters. The van der Waals surface area contributed by atoms with E-state index in [4.69, 9.17) is 12.2 Å². The zero-order valence-electron chi connectivity index (χ0n) is 10.5. The predicted molar refractivity (Wildman–Crippen MR) is 70.1 cm³/mol. The molecule has 0 radical (unpaired) electrons. The minimum absolute atomic E-state index is 0.439. The molecule has 1 heterocycles. The maximum Gasteiger partial charge on any atom is 0.169 e. The summed E-state index contributed by atoms with van der Waals surface area (Å²) in [6.45, 7) is 11.2. The van der Waals surface area contributed by atoms with E-state index in [0.717, 1.165) is 18.2 Å². The monoisotopic (exact) mass is 228 g/mol. The highest BCUT2D eigenvalue weighted by molar-refractivity contribution is 7.80. The van der Waals surface area contributed by atoms with Crippen molar-refractivity contribution in [3.63, 3.8) is 0 Å². The molecule has 1 saturated heterocycles. The molecular formula is C12H24N2S. The summed E-state index contributed by atoms with van der Waals surface area (Å²) in [5.74, 6) is 0. The van der Waals surface area contributed by atoms with E-state index in [1.54, 1.807) is 0 Å². The van der Waals surface area contributed by atoms with E-state index < -0.39 is 0 Å². The van der Waals surface area contributed by atoms with Gasteiger partial charge in [0.05, 0.1) is 0 Å². The zero-order valence-corrected chi connectivity index (χ0v) is 11.3. The summed E-state index contributed by atoms with van der Waals surface area (Å²) >= 11 is 5.40. The van der Waals surface area contributed by atoms with Crippen LogP contribution in [0, 0.1) is 5.41 Å². The normalized spacial score (nSPS) is 21.3. The predicted octanol–water partition coefficient (Wildman–Crippen LogP) is 2.78. The molecule has 1 fully saturated rings.